The van der Waals surface area contributed by atoms with Crippen molar-refractivity contribution in [3.63, 3.8) is 0 Å². The standard InChI is InChI=1S/C22H21FN4O2/c23-16-6-7-18-19(14-16)24-25-27(20(18)28)17-8-12-26(13-9-17)21(29)22(10-11-22)15-4-2-1-3-5-15/h1-7,14,17H,8-13H2. The molecule has 3 aromatic rings. The third-order valence-electron chi connectivity index (χ3n) is 6.23. The number of fused-ring (bicyclic) bond motifs is 1. The Hall–Kier alpha value is -3.09. The van der Waals surface area contributed by atoms with Crippen LogP contribution >= 0.6 is 0 Å². The van der Waals surface area contributed by atoms with Crippen molar-refractivity contribution in [2.75, 3.05) is 13.1 Å². The van der Waals surface area contributed by atoms with Crippen molar-refractivity contribution in [3.8, 4) is 0 Å². The number of halogens is 1. The molecule has 0 radical (unpaired) electrons. The maximum Gasteiger partial charge on any atom is 0.277 e. The third-order valence-corrected chi connectivity index (χ3v) is 6.23. The molecule has 148 valence electrons. The number of rotatable bonds is 3. The molecule has 1 aliphatic carbocycles. The number of hydrogen-bond donors (Lipinski definition) is 0. The van der Waals surface area contributed by atoms with Gasteiger partial charge in [-0.05, 0) is 43.4 Å². The van der Waals surface area contributed by atoms with E-state index in [-0.39, 0.29) is 28.4 Å². The summed E-state index contributed by atoms with van der Waals surface area (Å²) in [6.07, 6.45) is 3.08. The number of hydrogen-bond acceptors (Lipinski definition) is 4. The van der Waals surface area contributed by atoms with Crippen molar-refractivity contribution < 1.29 is 9.18 Å². The summed E-state index contributed by atoms with van der Waals surface area (Å²) in [7, 11) is 0. The Morgan fingerprint density at radius 1 is 1.07 bits per heavy atom. The molecule has 1 saturated heterocycles. The van der Waals surface area contributed by atoms with Crippen LogP contribution in [0.25, 0.3) is 10.9 Å². The fraction of sp³-hybridized carbons (Fsp3) is 0.364. The van der Waals surface area contributed by atoms with Gasteiger partial charge in [0.15, 0.2) is 0 Å². The molecule has 1 amide bonds. The molecule has 1 saturated carbocycles. The second-order valence-electron chi connectivity index (χ2n) is 7.97. The molecule has 0 atom stereocenters. The molecule has 5 rings (SSSR count). The number of amides is 1. The molecule has 1 aromatic heterocycles. The highest BCUT2D eigenvalue weighted by molar-refractivity contribution is 5.91. The van der Waals surface area contributed by atoms with Crippen LogP contribution in [0.2, 0.25) is 0 Å². The Kier molecular flexibility index (Phi) is 4.19. The van der Waals surface area contributed by atoms with E-state index in [9.17, 15) is 14.0 Å². The van der Waals surface area contributed by atoms with Gasteiger partial charge in [0.1, 0.15) is 11.3 Å². The second-order valence-corrected chi connectivity index (χ2v) is 7.97. The third kappa shape index (κ3) is 3.01. The fourth-order valence-electron chi connectivity index (χ4n) is 4.39. The zero-order chi connectivity index (χ0) is 20.0. The van der Waals surface area contributed by atoms with Gasteiger partial charge in [-0.25, -0.2) is 9.07 Å². The molecule has 2 fully saturated rings. The number of benzene rings is 2. The normalized spacial score (nSPS) is 18.7. The fourth-order valence-corrected chi connectivity index (χ4v) is 4.39. The molecule has 6 nitrogen and oxygen atoms in total. The maximum atomic E-state index is 13.4. The number of piperidine rings is 1. The van der Waals surface area contributed by atoms with Crippen LogP contribution in [0.4, 0.5) is 4.39 Å². The molecule has 2 aliphatic rings. The first kappa shape index (κ1) is 18.0. The predicted molar refractivity (Wildman–Crippen MR) is 106 cm³/mol. The van der Waals surface area contributed by atoms with Crippen molar-refractivity contribution in [3.05, 3.63) is 70.3 Å². The maximum absolute atomic E-state index is 13.4. The average Bonchev–Trinajstić information content (AvgIpc) is 3.56. The molecular formula is C22H21FN4O2. The van der Waals surface area contributed by atoms with E-state index in [1.165, 1.54) is 22.9 Å². The smallest absolute Gasteiger partial charge is 0.277 e. The zero-order valence-corrected chi connectivity index (χ0v) is 15.9. The SMILES string of the molecule is O=C(N1CCC(n2nnc3cc(F)ccc3c2=O)CC1)C1(c2ccccc2)CC1. The number of nitrogens with zero attached hydrogens (tertiary/aromatic N) is 4. The zero-order valence-electron chi connectivity index (χ0n) is 15.9. The minimum atomic E-state index is -0.441. The lowest BCUT2D eigenvalue weighted by molar-refractivity contribution is -0.135. The van der Waals surface area contributed by atoms with E-state index >= 15 is 0 Å². The van der Waals surface area contributed by atoms with Crippen LogP contribution in [-0.4, -0.2) is 38.9 Å². The predicted octanol–water partition coefficient (Wildman–Crippen LogP) is 2.83. The van der Waals surface area contributed by atoms with Gasteiger partial charge in [0, 0.05) is 19.2 Å². The quantitative estimate of drug-likeness (QED) is 0.687. The summed E-state index contributed by atoms with van der Waals surface area (Å²) in [5, 5.41) is 8.41. The first-order valence-electron chi connectivity index (χ1n) is 9.98. The van der Waals surface area contributed by atoms with Crippen LogP contribution < -0.4 is 5.56 Å². The molecule has 2 aromatic carbocycles. The van der Waals surface area contributed by atoms with E-state index in [0.29, 0.717) is 31.3 Å². The monoisotopic (exact) mass is 392 g/mol. The first-order valence-corrected chi connectivity index (χ1v) is 9.98. The van der Waals surface area contributed by atoms with E-state index in [1.54, 1.807) is 0 Å². The van der Waals surface area contributed by atoms with E-state index in [0.717, 1.165) is 18.4 Å². The van der Waals surface area contributed by atoms with E-state index in [2.05, 4.69) is 10.3 Å². The number of carbonyl (C=O) groups is 1. The Morgan fingerprint density at radius 3 is 2.48 bits per heavy atom. The lowest BCUT2D eigenvalue weighted by Gasteiger charge is -2.34. The van der Waals surface area contributed by atoms with Crippen molar-refractivity contribution in [1.82, 2.24) is 19.9 Å². The average molecular weight is 392 g/mol. The van der Waals surface area contributed by atoms with Gasteiger partial charge in [-0.15, -0.1) is 5.10 Å². The van der Waals surface area contributed by atoms with Gasteiger partial charge in [-0.1, -0.05) is 35.5 Å². The highest BCUT2D eigenvalue weighted by Gasteiger charge is 2.53. The molecule has 1 aliphatic heterocycles. The topological polar surface area (TPSA) is 68.1 Å². The summed E-state index contributed by atoms with van der Waals surface area (Å²) < 4.78 is 14.7. The van der Waals surface area contributed by atoms with E-state index in [1.807, 2.05) is 35.2 Å². The summed E-state index contributed by atoms with van der Waals surface area (Å²) in [6, 6.07) is 13.8. The first-order chi connectivity index (χ1) is 14.1. The molecule has 7 heteroatoms. The molecule has 0 unspecified atom stereocenters. The summed E-state index contributed by atoms with van der Waals surface area (Å²) in [5.74, 6) is -0.252. The van der Waals surface area contributed by atoms with Crippen molar-refractivity contribution >= 4 is 16.8 Å². The summed E-state index contributed by atoms with van der Waals surface area (Å²) in [4.78, 5) is 27.9. The van der Waals surface area contributed by atoms with Gasteiger partial charge in [0.2, 0.25) is 5.91 Å². The van der Waals surface area contributed by atoms with Gasteiger partial charge in [0.25, 0.3) is 5.56 Å². The molecule has 0 spiro atoms. The van der Waals surface area contributed by atoms with Crippen LogP contribution in [0.5, 0.6) is 0 Å². The van der Waals surface area contributed by atoms with E-state index < -0.39 is 5.82 Å². The van der Waals surface area contributed by atoms with Gasteiger partial charge in [-0.2, -0.15) is 0 Å². The van der Waals surface area contributed by atoms with Crippen LogP contribution in [0, 0.1) is 5.82 Å². The summed E-state index contributed by atoms with van der Waals surface area (Å²) >= 11 is 0. The lowest BCUT2D eigenvalue weighted by atomic mass is 9.93. The molecule has 29 heavy (non-hydrogen) atoms. The van der Waals surface area contributed by atoms with Gasteiger partial charge >= 0.3 is 0 Å². The Labute approximate surface area is 166 Å². The molecule has 0 N–H and O–H groups in total. The minimum absolute atomic E-state index is 0.111. The van der Waals surface area contributed by atoms with Crippen LogP contribution in [0.15, 0.2) is 53.3 Å². The number of carbonyl (C=O) groups excluding carboxylic acids is 1. The van der Waals surface area contributed by atoms with Crippen LogP contribution in [-0.2, 0) is 10.2 Å². The largest absolute Gasteiger partial charge is 0.342 e. The second kappa shape index (κ2) is 6.76. The van der Waals surface area contributed by atoms with Crippen LogP contribution in [0.1, 0.15) is 37.3 Å². The molecular weight excluding hydrogens is 371 g/mol. The highest BCUT2D eigenvalue weighted by Crippen LogP contribution is 2.50. The molecule has 0 bridgehead atoms. The van der Waals surface area contributed by atoms with Crippen molar-refractivity contribution in [2.45, 2.75) is 37.1 Å². The molecule has 2 heterocycles. The number of likely N-dealkylation sites (tertiary alicyclic amines) is 1. The Bertz CT molecular complexity index is 1130. The van der Waals surface area contributed by atoms with Gasteiger partial charge in [0.05, 0.1) is 16.8 Å². The van der Waals surface area contributed by atoms with Gasteiger partial charge < -0.3 is 4.90 Å². The van der Waals surface area contributed by atoms with E-state index in [4.69, 9.17) is 0 Å². The lowest BCUT2D eigenvalue weighted by Crippen LogP contribution is -2.45. The summed E-state index contributed by atoms with van der Waals surface area (Å²) in [5.41, 5.74) is 0.730. The summed E-state index contributed by atoms with van der Waals surface area (Å²) in [6.45, 7) is 1.18. The highest BCUT2D eigenvalue weighted by atomic mass is 19.1. The minimum Gasteiger partial charge on any atom is -0.342 e. The Balaban J connectivity index is 1.33. The van der Waals surface area contributed by atoms with Crippen molar-refractivity contribution in [2.24, 2.45) is 0 Å². The number of aromatic nitrogens is 3. The van der Waals surface area contributed by atoms with Crippen molar-refractivity contribution in [1.29, 1.82) is 0 Å². The van der Waals surface area contributed by atoms with Crippen LogP contribution in [0.3, 0.4) is 0 Å². The Morgan fingerprint density at radius 2 is 1.79 bits per heavy atom. The van der Waals surface area contributed by atoms with Gasteiger partial charge in [-0.3, -0.25) is 9.59 Å².